The molecule has 0 bridgehead atoms. The van der Waals surface area contributed by atoms with E-state index in [0.29, 0.717) is 43.1 Å². The lowest BCUT2D eigenvalue weighted by atomic mass is 10.1. The van der Waals surface area contributed by atoms with E-state index in [1.807, 2.05) is 0 Å². The number of benzene rings is 1. The fourth-order valence-electron chi connectivity index (χ4n) is 1.57. The van der Waals surface area contributed by atoms with Crippen LogP contribution in [0.25, 0.3) is 0 Å². The van der Waals surface area contributed by atoms with Crippen molar-refractivity contribution in [1.82, 2.24) is 0 Å². The molecule has 0 aromatic heterocycles. The van der Waals surface area contributed by atoms with Crippen LogP contribution in [0.1, 0.15) is 37.0 Å². The lowest BCUT2D eigenvalue weighted by molar-refractivity contribution is -0.143. The molecule has 0 unspecified atom stereocenters. The molecule has 2 N–H and O–H groups in total. The van der Waals surface area contributed by atoms with Gasteiger partial charge < -0.3 is 15.2 Å². The highest BCUT2D eigenvalue weighted by Gasteiger charge is 2.07. The number of rotatable bonds is 7. The third kappa shape index (κ3) is 4.99. The van der Waals surface area contributed by atoms with Crippen molar-refractivity contribution in [3.05, 3.63) is 23.8 Å². The van der Waals surface area contributed by atoms with Crippen molar-refractivity contribution in [2.45, 2.75) is 26.7 Å². The Morgan fingerprint density at radius 1 is 1.32 bits per heavy atom. The number of nitrogen functional groups attached to an aromatic ring is 1. The first kappa shape index (κ1) is 15.0. The van der Waals surface area contributed by atoms with Gasteiger partial charge in [-0.25, -0.2) is 0 Å². The number of nitrogens with two attached hydrogens (primary N) is 1. The van der Waals surface area contributed by atoms with Gasteiger partial charge in [-0.15, -0.1) is 0 Å². The number of ether oxygens (including phenoxy) is 2. The zero-order chi connectivity index (χ0) is 14.3. The van der Waals surface area contributed by atoms with Crippen molar-refractivity contribution in [3.8, 4) is 5.75 Å². The van der Waals surface area contributed by atoms with E-state index in [2.05, 4.69) is 0 Å². The van der Waals surface area contributed by atoms with Gasteiger partial charge >= 0.3 is 5.97 Å². The van der Waals surface area contributed by atoms with Gasteiger partial charge in [0.15, 0.2) is 5.78 Å². The Morgan fingerprint density at radius 3 is 2.68 bits per heavy atom. The standard InChI is InChI=1S/C14H19NO4/c1-3-18-14(17)5-4-8-19-11-6-7-13(15)12(9-11)10(2)16/h6-7,9H,3-5,8,15H2,1-2H3. The van der Waals surface area contributed by atoms with Gasteiger partial charge in [-0.3, -0.25) is 9.59 Å². The molecule has 0 spiro atoms. The van der Waals surface area contributed by atoms with Crippen LogP contribution in [0.2, 0.25) is 0 Å². The maximum absolute atomic E-state index is 11.3. The van der Waals surface area contributed by atoms with Crippen molar-refractivity contribution < 1.29 is 19.1 Å². The predicted molar refractivity (Wildman–Crippen MR) is 72.2 cm³/mol. The summed E-state index contributed by atoms with van der Waals surface area (Å²) in [5.41, 5.74) is 6.56. The first-order valence-electron chi connectivity index (χ1n) is 6.23. The van der Waals surface area contributed by atoms with Gasteiger partial charge in [-0.1, -0.05) is 0 Å². The van der Waals surface area contributed by atoms with Crippen LogP contribution in [0.15, 0.2) is 18.2 Å². The van der Waals surface area contributed by atoms with E-state index in [1.54, 1.807) is 25.1 Å². The van der Waals surface area contributed by atoms with Gasteiger partial charge in [-0.2, -0.15) is 0 Å². The van der Waals surface area contributed by atoms with Crippen LogP contribution < -0.4 is 10.5 Å². The molecular weight excluding hydrogens is 246 g/mol. The normalized spacial score (nSPS) is 10.0. The summed E-state index contributed by atoms with van der Waals surface area (Å²) in [6.45, 7) is 4.00. The monoisotopic (exact) mass is 265 g/mol. The van der Waals surface area contributed by atoms with Gasteiger partial charge in [-0.05, 0) is 38.5 Å². The van der Waals surface area contributed by atoms with Crippen molar-refractivity contribution in [2.24, 2.45) is 0 Å². The molecule has 0 aliphatic heterocycles. The average molecular weight is 265 g/mol. The van der Waals surface area contributed by atoms with Gasteiger partial charge in [0.2, 0.25) is 0 Å². The van der Waals surface area contributed by atoms with Crippen molar-refractivity contribution in [2.75, 3.05) is 18.9 Å². The highest BCUT2D eigenvalue weighted by Crippen LogP contribution is 2.20. The number of esters is 1. The maximum atomic E-state index is 11.3. The molecule has 0 amide bonds. The third-order valence-corrected chi connectivity index (χ3v) is 2.50. The van der Waals surface area contributed by atoms with E-state index < -0.39 is 0 Å². The molecule has 0 fully saturated rings. The summed E-state index contributed by atoms with van der Waals surface area (Å²) in [6, 6.07) is 4.95. The molecular formula is C14H19NO4. The van der Waals surface area contributed by atoms with Crippen molar-refractivity contribution in [3.63, 3.8) is 0 Å². The second-order valence-corrected chi connectivity index (χ2v) is 4.06. The number of carbonyl (C=O) groups is 2. The Labute approximate surface area is 112 Å². The van der Waals surface area contributed by atoms with Gasteiger partial charge in [0.05, 0.1) is 13.2 Å². The fourth-order valence-corrected chi connectivity index (χ4v) is 1.57. The van der Waals surface area contributed by atoms with Gasteiger partial charge in [0, 0.05) is 17.7 Å². The van der Waals surface area contributed by atoms with E-state index in [9.17, 15) is 9.59 Å². The molecule has 104 valence electrons. The summed E-state index contributed by atoms with van der Waals surface area (Å²) < 4.78 is 10.3. The molecule has 0 heterocycles. The summed E-state index contributed by atoms with van der Waals surface area (Å²) in [4.78, 5) is 22.4. The topological polar surface area (TPSA) is 78.6 Å². The van der Waals surface area contributed by atoms with E-state index in [0.717, 1.165) is 0 Å². The minimum absolute atomic E-state index is 0.102. The van der Waals surface area contributed by atoms with Gasteiger partial charge in [0.25, 0.3) is 0 Å². The third-order valence-electron chi connectivity index (χ3n) is 2.50. The Bertz CT molecular complexity index is 457. The zero-order valence-electron chi connectivity index (χ0n) is 11.3. The van der Waals surface area contributed by atoms with Crippen molar-refractivity contribution in [1.29, 1.82) is 0 Å². The lowest BCUT2D eigenvalue weighted by Gasteiger charge is -2.08. The molecule has 0 saturated heterocycles. The van der Waals surface area contributed by atoms with Crippen molar-refractivity contribution >= 4 is 17.4 Å². The average Bonchev–Trinajstić information content (AvgIpc) is 2.36. The number of carbonyl (C=O) groups excluding carboxylic acids is 2. The molecule has 5 heteroatoms. The first-order chi connectivity index (χ1) is 9.04. The molecule has 1 aromatic rings. The molecule has 19 heavy (non-hydrogen) atoms. The van der Waals surface area contributed by atoms with Crippen LogP contribution >= 0.6 is 0 Å². The Balaban J connectivity index is 2.44. The minimum atomic E-state index is -0.229. The highest BCUT2D eigenvalue weighted by molar-refractivity contribution is 5.99. The number of hydrogen-bond donors (Lipinski definition) is 1. The molecule has 1 rings (SSSR count). The van der Waals surface area contributed by atoms with Crippen LogP contribution in [0.5, 0.6) is 5.75 Å². The number of ketones is 1. The fraction of sp³-hybridized carbons (Fsp3) is 0.429. The predicted octanol–water partition coefficient (Wildman–Crippen LogP) is 2.19. The maximum Gasteiger partial charge on any atom is 0.305 e. The molecule has 0 atom stereocenters. The second kappa shape index (κ2) is 7.41. The molecule has 0 aliphatic carbocycles. The molecule has 0 aliphatic rings. The zero-order valence-corrected chi connectivity index (χ0v) is 11.3. The Kier molecular flexibility index (Phi) is 5.85. The van der Waals surface area contributed by atoms with Gasteiger partial charge in [0.1, 0.15) is 5.75 Å². The first-order valence-corrected chi connectivity index (χ1v) is 6.23. The summed E-state index contributed by atoms with van der Waals surface area (Å²) in [5, 5.41) is 0. The van der Waals surface area contributed by atoms with Crippen LogP contribution in [0.3, 0.4) is 0 Å². The second-order valence-electron chi connectivity index (χ2n) is 4.06. The van der Waals surface area contributed by atoms with E-state index in [4.69, 9.17) is 15.2 Å². The quantitative estimate of drug-likeness (QED) is 0.354. The van der Waals surface area contributed by atoms with E-state index >= 15 is 0 Å². The Morgan fingerprint density at radius 2 is 2.05 bits per heavy atom. The molecule has 0 saturated carbocycles. The summed E-state index contributed by atoms with van der Waals surface area (Å²) in [7, 11) is 0. The highest BCUT2D eigenvalue weighted by atomic mass is 16.5. The number of anilines is 1. The minimum Gasteiger partial charge on any atom is -0.494 e. The molecule has 0 radical (unpaired) electrons. The lowest BCUT2D eigenvalue weighted by Crippen LogP contribution is -2.07. The smallest absolute Gasteiger partial charge is 0.305 e. The van der Waals surface area contributed by atoms with E-state index in [-0.39, 0.29) is 11.8 Å². The van der Waals surface area contributed by atoms with Crippen LogP contribution in [-0.4, -0.2) is 25.0 Å². The van der Waals surface area contributed by atoms with E-state index in [1.165, 1.54) is 6.92 Å². The molecule has 5 nitrogen and oxygen atoms in total. The van der Waals surface area contributed by atoms with Crippen LogP contribution in [0.4, 0.5) is 5.69 Å². The van der Waals surface area contributed by atoms with Crippen LogP contribution in [0, 0.1) is 0 Å². The number of Topliss-reactive ketones (excluding diaryl/α,β-unsaturated/α-hetero) is 1. The number of hydrogen-bond acceptors (Lipinski definition) is 5. The molecule has 1 aromatic carbocycles. The Hall–Kier alpha value is -2.04. The summed E-state index contributed by atoms with van der Waals surface area (Å²) in [5.74, 6) is 0.241. The SMILES string of the molecule is CCOC(=O)CCCOc1ccc(N)c(C(C)=O)c1. The summed E-state index contributed by atoms with van der Waals surface area (Å²) in [6.07, 6.45) is 0.890. The van der Waals surface area contributed by atoms with Crippen LogP contribution in [-0.2, 0) is 9.53 Å². The summed E-state index contributed by atoms with van der Waals surface area (Å²) >= 11 is 0. The largest absolute Gasteiger partial charge is 0.494 e.